The maximum atomic E-state index is 5.95. The maximum absolute atomic E-state index is 5.95. The van der Waals surface area contributed by atoms with Crippen molar-refractivity contribution >= 4 is 27.3 Å². The lowest BCUT2D eigenvalue weighted by Crippen LogP contribution is -2.30. The van der Waals surface area contributed by atoms with Crippen LogP contribution in [0.2, 0.25) is 0 Å². The van der Waals surface area contributed by atoms with Crippen molar-refractivity contribution in [1.82, 2.24) is 9.88 Å². The molecule has 0 spiro atoms. The van der Waals surface area contributed by atoms with Crippen molar-refractivity contribution in [3.05, 3.63) is 50.4 Å². The molecule has 1 unspecified atom stereocenters. The first-order valence-electron chi connectivity index (χ1n) is 6.16. The summed E-state index contributed by atoms with van der Waals surface area (Å²) >= 11 is 5.21. The smallest absolute Gasteiger partial charge is 0.0798 e. The molecule has 0 fully saturated rings. The number of rotatable bonds is 5. The Morgan fingerprint density at radius 2 is 2.26 bits per heavy atom. The summed E-state index contributed by atoms with van der Waals surface area (Å²) in [6.07, 6.45) is 0. The second kappa shape index (κ2) is 6.61. The standard InChI is InChI=1S/C14H18BrN3S/c1-10-14(19-9-17-10)8-18(2)13(7-16)11-4-3-5-12(15)6-11/h3-6,9,13H,7-8,16H2,1-2H3. The third-order valence-electron chi connectivity index (χ3n) is 3.23. The summed E-state index contributed by atoms with van der Waals surface area (Å²) in [4.78, 5) is 7.88. The molecule has 0 saturated carbocycles. The molecule has 5 heteroatoms. The molecule has 1 atom stereocenters. The van der Waals surface area contributed by atoms with Crippen LogP contribution in [0.25, 0.3) is 0 Å². The first-order chi connectivity index (χ1) is 9.11. The van der Waals surface area contributed by atoms with Crippen LogP contribution >= 0.6 is 27.3 Å². The highest BCUT2D eigenvalue weighted by molar-refractivity contribution is 9.10. The summed E-state index contributed by atoms with van der Waals surface area (Å²) in [5.41, 5.74) is 10.2. The van der Waals surface area contributed by atoms with Crippen LogP contribution < -0.4 is 5.73 Å². The van der Waals surface area contributed by atoms with Crippen molar-refractivity contribution in [3.8, 4) is 0 Å². The van der Waals surface area contributed by atoms with Gasteiger partial charge in [-0.05, 0) is 31.7 Å². The van der Waals surface area contributed by atoms with Crippen LogP contribution in [0.15, 0.2) is 34.2 Å². The monoisotopic (exact) mass is 339 g/mol. The van der Waals surface area contributed by atoms with Crippen LogP contribution in [-0.4, -0.2) is 23.5 Å². The van der Waals surface area contributed by atoms with Crippen molar-refractivity contribution in [1.29, 1.82) is 0 Å². The molecular formula is C14H18BrN3S. The van der Waals surface area contributed by atoms with Crippen molar-refractivity contribution in [2.45, 2.75) is 19.5 Å². The van der Waals surface area contributed by atoms with E-state index in [0.717, 1.165) is 16.7 Å². The molecule has 102 valence electrons. The van der Waals surface area contributed by atoms with Gasteiger partial charge in [0, 0.05) is 28.5 Å². The first-order valence-corrected chi connectivity index (χ1v) is 7.83. The third kappa shape index (κ3) is 3.63. The van der Waals surface area contributed by atoms with E-state index in [4.69, 9.17) is 5.73 Å². The zero-order valence-corrected chi connectivity index (χ0v) is 13.5. The Bertz CT molecular complexity index is 541. The molecule has 0 aliphatic heterocycles. The topological polar surface area (TPSA) is 42.2 Å². The third-order valence-corrected chi connectivity index (χ3v) is 4.64. The summed E-state index contributed by atoms with van der Waals surface area (Å²) in [7, 11) is 2.11. The molecule has 1 aromatic carbocycles. The molecule has 2 aromatic rings. The summed E-state index contributed by atoms with van der Waals surface area (Å²) in [5, 5.41) is 0. The number of benzene rings is 1. The quantitative estimate of drug-likeness (QED) is 0.908. The average Bonchev–Trinajstić information content (AvgIpc) is 2.76. The fraction of sp³-hybridized carbons (Fsp3) is 0.357. The van der Waals surface area contributed by atoms with E-state index < -0.39 is 0 Å². The highest BCUT2D eigenvalue weighted by Gasteiger charge is 2.17. The first kappa shape index (κ1) is 14.7. The molecule has 0 saturated heterocycles. The fourth-order valence-corrected chi connectivity index (χ4v) is 3.36. The van der Waals surface area contributed by atoms with Gasteiger partial charge >= 0.3 is 0 Å². The molecule has 2 rings (SSSR count). The van der Waals surface area contributed by atoms with E-state index in [1.165, 1.54) is 10.4 Å². The molecule has 0 aliphatic carbocycles. The molecule has 0 amide bonds. The predicted octanol–water partition coefficient (Wildman–Crippen LogP) is 3.35. The van der Waals surface area contributed by atoms with Crippen molar-refractivity contribution in [2.75, 3.05) is 13.6 Å². The van der Waals surface area contributed by atoms with E-state index in [1.54, 1.807) is 11.3 Å². The van der Waals surface area contributed by atoms with Gasteiger partial charge in [0.25, 0.3) is 0 Å². The Kier molecular flexibility index (Phi) is 5.10. The Balaban J connectivity index is 2.15. The van der Waals surface area contributed by atoms with E-state index in [-0.39, 0.29) is 6.04 Å². The van der Waals surface area contributed by atoms with Gasteiger partial charge in [0.2, 0.25) is 0 Å². The largest absolute Gasteiger partial charge is 0.329 e. The number of halogens is 1. The average molecular weight is 340 g/mol. The predicted molar refractivity (Wildman–Crippen MR) is 84.3 cm³/mol. The number of hydrogen-bond acceptors (Lipinski definition) is 4. The molecule has 0 aliphatic rings. The van der Waals surface area contributed by atoms with Gasteiger partial charge in [-0.25, -0.2) is 4.98 Å². The van der Waals surface area contributed by atoms with E-state index in [1.807, 2.05) is 17.6 Å². The molecule has 2 N–H and O–H groups in total. The van der Waals surface area contributed by atoms with Gasteiger partial charge in [0.05, 0.1) is 11.2 Å². The molecule has 3 nitrogen and oxygen atoms in total. The lowest BCUT2D eigenvalue weighted by atomic mass is 10.1. The second-order valence-corrected chi connectivity index (χ2v) is 6.44. The van der Waals surface area contributed by atoms with Gasteiger partial charge in [0.15, 0.2) is 0 Å². The number of nitrogens with two attached hydrogens (primary N) is 1. The lowest BCUT2D eigenvalue weighted by Gasteiger charge is -2.27. The van der Waals surface area contributed by atoms with Crippen LogP contribution in [0.5, 0.6) is 0 Å². The summed E-state index contributed by atoms with van der Waals surface area (Å²) in [5.74, 6) is 0. The minimum absolute atomic E-state index is 0.221. The highest BCUT2D eigenvalue weighted by atomic mass is 79.9. The van der Waals surface area contributed by atoms with Gasteiger partial charge in [-0.15, -0.1) is 11.3 Å². The molecule has 1 aromatic heterocycles. The van der Waals surface area contributed by atoms with Crippen molar-refractivity contribution < 1.29 is 0 Å². The van der Waals surface area contributed by atoms with Gasteiger partial charge in [0.1, 0.15) is 0 Å². The van der Waals surface area contributed by atoms with E-state index in [9.17, 15) is 0 Å². The van der Waals surface area contributed by atoms with Crippen molar-refractivity contribution in [3.63, 3.8) is 0 Å². The molecular weight excluding hydrogens is 322 g/mol. The number of aryl methyl sites for hydroxylation is 1. The van der Waals surface area contributed by atoms with Crippen LogP contribution in [-0.2, 0) is 6.54 Å². The minimum Gasteiger partial charge on any atom is -0.329 e. The van der Waals surface area contributed by atoms with Gasteiger partial charge in [-0.3, -0.25) is 4.90 Å². The minimum atomic E-state index is 0.221. The molecule has 1 heterocycles. The van der Waals surface area contributed by atoms with E-state index in [0.29, 0.717) is 6.54 Å². The summed E-state index contributed by atoms with van der Waals surface area (Å²) in [6.45, 7) is 3.53. The number of nitrogens with zero attached hydrogens (tertiary/aromatic N) is 2. The van der Waals surface area contributed by atoms with Crippen LogP contribution in [0.4, 0.5) is 0 Å². The van der Waals surface area contributed by atoms with E-state index >= 15 is 0 Å². The Morgan fingerprint density at radius 3 is 2.84 bits per heavy atom. The lowest BCUT2D eigenvalue weighted by molar-refractivity contribution is 0.243. The van der Waals surface area contributed by atoms with E-state index in [2.05, 4.69) is 51.9 Å². The number of likely N-dealkylation sites (N-methyl/N-ethyl adjacent to an activating group) is 1. The van der Waals surface area contributed by atoms with Crippen LogP contribution in [0.1, 0.15) is 22.2 Å². The molecule has 0 bridgehead atoms. The molecule has 0 radical (unpaired) electrons. The maximum Gasteiger partial charge on any atom is 0.0798 e. The van der Waals surface area contributed by atoms with Gasteiger partial charge < -0.3 is 5.73 Å². The fourth-order valence-electron chi connectivity index (χ4n) is 2.10. The van der Waals surface area contributed by atoms with Crippen LogP contribution in [0, 0.1) is 6.92 Å². The Morgan fingerprint density at radius 1 is 1.47 bits per heavy atom. The van der Waals surface area contributed by atoms with Crippen LogP contribution in [0.3, 0.4) is 0 Å². The number of aromatic nitrogens is 1. The van der Waals surface area contributed by atoms with Crippen molar-refractivity contribution in [2.24, 2.45) is 5.73 Å². The highest BCUT2D eigenvalue weighted by Crippen LogP contribution is 2.24. The SMILES string of the molecule is Cc1ncsc1CN(C)C(CN)c1cccc(Br)c1. The summed E-state index contributed by atoms with van der Waals surface area (Å²) < 4.78 is 1.09. The Hall–Kier alpha value is -0.750. The molecule has 19 heavy (non-hydrogen) atoms. The Labute approximate surface area is 126 Å². The summed E-state index contributed by atoms with van der Waals surface area (Å²) in [6, 6.07) is 8.56. The zero-order valence-electron chi connectivity index (χ0n) is 11.1. The zero-order chi connectivity index (χ0) is 13.8. The van der Waals surface area contributed by atoms with Gasteiger partial charge in [-0.2, -0.15) is 0 Å². The second-order valence-electron chi connectivity index (χ2n) is 4.58. The van der Waals surface area contributed by atoms with Gasteiger partial charge in [-0.1, -0.05) is 28.1 Å². The number of hydrogen-bond donors (Lipinski definition) is 1. The normalized spacial score (nSPS) is 12.9. The number of thiazole rings is 1.